The second kappa shape index (κ2) is 6.94. The predicted octanol–water partition coefficient (Wildman–Crippen LogP) is 2.00. The van der Waals surface area contributed by atoms with Gasteiger partial charge >= 0.3 is 0 Å². The molecule has 1 aromatic carbocycles. The molecule has 2 rings (SSSR count). The van der Waals surface area contributed by atoms with E-state index >= 15 is 0 Å². The number of amides is 1. The number of non-ortho nitro benzene ring substituents is 1. The van der Waals surface area contributed by atoms with E-state index in [4.69, 9.17) is 4.74 Å². The van der Waals surface area contributed by atoms with Gasteiger partial charge in [-0.15, -0.1) is 0 Å². The van der Waals surface area contributed by atoms with Crippen molar-refractivity contribution in [2.45, 2.75) is 32.3 Å². The van der Waals surface area contributed by atoms with Gasteiger partial charge in [0.1, 0.15) is 6.10 Å². The Bertz CT molecular complexity index is 565. The third-order valence-electron chi connectivity index (χ3n) is 3.25. The fourth-order valence-electron chi connectivity index (χ4n) is 2.13. The zero-order valence-corrected chi connectivity index (χ0v) is 11.7. The average Bonchev–Trinajstić information content (AvgIpc) is 3.02. The van der Waals surface area contributed by atoms with Crippen LogP contribution >= 0.6 is 0 Å². The number of hydrogen-bond donors (Lipinski definition) is 1. The van der Waals surface area contributed by atoms with Gasteiger partial charge in [-0.2, -0.15) is 5.10 Å². The average molecular weight is 291 g/mol. The number of rotatable bonds is 5. The topological polar surface area (TPSA) is 93.8 Å². The fourth-order valence-corrected chi connectivity index (χ4v) is 2.13. The lowest BCUT2D eigenvalue weighted by atomic mass is 10.1. The highest BCUT2D eigenvalue weighted by atomic mass is 16.6. The van der Waals surface area contributed by atoms with Crippen molar-refractivity contribution in [2.24, 2.45) is 5.10 Å². The van der Waals surface area contributed by atoms with Gasteiger partial charge in [0.25, 0.3) is 11.6 Å². The summed E-state index contributed by atoms with van der Waals surface area (Å²) in [4.78, 5) is 22.1. The largest absolute Gasteiger partial charge is 0.368 e. The lowest BCUT2D eigenvalue weighted by molar-refractivity contribution is -0.384. The monoisotopic (exact) mass is 291 g/mol. The van der Waals surface area contributed by atoms with Gasteiger partial charge in [0.05, 0.1) is 10.6 Å². The first kappa shape index (κ1) is 15.1. The first-order chi connectivity index (χ1) is 10.1. The number of nitrogens with one attached hydrogen (secondary N) is 1. The van der Waals surface area contributed by atoms with E-state index in [9.17, 15) is 14.9 Å². The Kier molecular flexibility index (Phi) is 4.99. The summed E-state index contributed by atoms with van der Waals surface area (Å²) in [6, 6.07) is 6.19. The molecule has 0 bridgehead atoms. The molecule has 112 valence electrons. The highest BCUT2D eigenvalue weighted by molar-refractivity contribution is 6.01. The Morgan fingerprint density at radius 3 is 3.00 bits per heavy atom. The summed E-state index contributed by atoms with van der Waals surface area (Å²) in [7, 11) is 0. The van der Waals surface area contributed by atoms with Crippen LogP contribution < -0.4 is 5.43 Å². The van der Waals surface area contributed by atoms with E-state index < -0.39 is 11.0 Å². The highest BCUT2D eigenvalue weighted by Gasteiger charge is 2.23. The van der Waals surface area contributed by atoms with Crippen LogP contribution in [0, 0.1) is 10.1 Å². The number of nitro groups is 1. The first-order valence-corrected chi connectivity index (χ1v) is 6.84. The normalized spacial score (nSPS) is 18.5. The molecule has 7 heteroatoms. The van der Waals surface area contributed by atoms with Crippen LogP contribution in [0.2, 0.25) is 0 Å². The van der Waals surface area contributed by atoms with Crippen LogP contribution in [-0.4, -0.2) is 29.3 Å². The van der Waals surface area contributed by atoms with Crippen molar-refractivity contribution in [1.29, 1.82) is 0 Å². The molecule has 1 saturated heterocycles. The van der Waals surface area contributed by atoms with Crippen molar-refractivity contribution >= 4 is 17.3 Å². The molecule has 0 saturated carbocycles. The number of ether oxygens (including phenoxy) is 1. The molecule has 1 fully saturated rings. The lowest BCUT2D eigenvalue weighted by Gasteiger charge is -2.09. The Labute approximate surface area is 122 Å². The molecule has 1 aliphatic rings. The third kappa shape index (κ3) is 3.85. The van der Waals surface area contributed by atoms with E-state index in [1.54, 1.807) is 12.1 Å². The molecule has 1 atom stereocenters. The summed E-state index contributed by atoms with van der Waals surface area (Å²) >= 11 is 0. The Morgan fingerprint density at radius 2 is 2.38 bits per heavy atom. The van der Waals surface area contributed by atoms with E-state index in [0.717, 1.165) is 6.42 Å². The quantitative estimate of drug-likeness (QED) is 0.510. The van der Waals surface area contributed by atoms with Crippen LogP contribution in [0.5, 0.6) is 0 Å². The molecule has 1 heterocycles. The number of benzene rings is 1. The Hall–Kier alpha value is -2.28. The van der Waals surface area contributed by atoms with E-state index in [2.05, 4.69) is 10.5 Å². The molecule has 0 aromatic heterocycles. The van der Waals surface area contributed by atoms with E-state index in [-0.39, 0.29) is 11.6 Å². The standard InChI is InChI=1S/C14H17N3O4/c1-2-12(10-5-3-6-11(9-10)17(19)20)15-16-14(18)13-7-4-8-21-13/h3,5-6,9,13H,2,4,7-8H2,1H3,(H,16,18). The minimum absolute atomic E-state index is 0.000831. The van der Waals surface area contributed by atoms with Gasteiger partial charge in [-0.3, -0.25) is 14.9 Å². The van der Waals surface area contributed by atoms with Crippen molar-refractivity contribution in [1.82, 2.24) is 5.43 Å². The molecule has 1 unspecified atom stereocenters. The second-order valence-corrected chi connectivity index (χ2v) is 4.70. The summed E-state index contributed by atoms with van der Waals surface area (Å²) < 4.78 is 5.27. The fraction of sp³-hybridized carbons (Fsp3) is 0.429. The minimum Gasteiger partial charge on any atom is -0.368 e. The van der Waals surface area contributed by atoms with E-state index in [0.29, 0.717) is 30.7 Å². The molecule has 7 nitrogen and oxygen atoms in total. The SMILES string of the molecule is CCC(=NNC(=O)C1CCCO1)c1cccc([N+](=O)[O-])c1. The van der Waals surface area contributed by atoms with E-state index in [1.807, 2.05) is 6.92 Å². The van der Waals surface area contributed by atoms with Crippen molar-refractivity contribution in [3.05, 3.63) is 39.9 Å². The third-order valence-corrected chi connectivity index (χ3v) is 3.25. The minimum atomic E-state index is -0.457. The van der Waals surface area contributed by atoms with Crippen LogP contribution in [0.15, 0.2) is 29.4 Å². The van der Waals surface area contributed by atoms with Crippen LogP contribution in [0.1, 0.15) is 31.7 Å². The number of hydrogen-bond acceptors (Lipinski definition) is 5. The molecule has 1 amide bonds. The zero-order valence-electron chi connectivity index (χ0n) is 11.7. The van der Waals surface area contributed by atoms with Gasteiger partial charge in [0, 0.05) is 24.3 Å². The van der Waals surface area contributed by atoms with Crippen molar-refractivity contribution in [2.75, 3.05) is 6.61 Å². The van der Waals surface area contributed by atoms with Gasteiger partial charge < -0.3 is 4.74 Å². The molecular formula is C14H17N3O4. The predicted molar refractivity (Wildman–Crippen MR) is 77.0 cm³/mol. The molecule has 0 aliphatic carbocycles. The molecule has 0 spiro atoms. The van der Waals surface area contributed by atoms with Gasteiger partial charge in [-0.05, 0) is 19.3 Å². The van der Waals surface area contributed by atoms with Crippen molar-refractivity contribution in [3.63, 3.8) is 0 Å². The maximum absolute atomic E-state index is 11.8. The first-order valence-electron chi connectivity index (χ1n) is 6.84. The summed E-state index contributed by atoms with van der Waals surface area (Å²) in [6.45, 7) is 2.46. The maximum atomic E-state index is 11.8. The van der Waals surface area contributed by atoms with Crippen LogP contribution in [0.25, 0.3) is 0 Å². The summed E-state index contributed by atoms with van der Waals surface area (Å²) in [5.41, 5.74) is 3.69. The molecular weight excluding hydrogens is 274 g/mol. The summed E-state index contributed by atoms with van der Waals surface area (Å²) in [5, 5.41) is 14.9. The smallest absolute Gasteiger partial charge is 0.270 e. The molecule has 0 radical (unpaired) electrons. The van der Waals surface area contributed by atoms with Crippen LogP contribution in [0.3, 0.4) is 0 Å². The maximum Gasteiger partial charge on any atom is 0.270 e. The van der Waals surface area contributed by atoms with Crippen molar-refractivity contribution in [3.8, 4) is 0 Å². The van der Waals surface area contributed by atoms with Crippen molar-refractivity contribution < 1.29 is 14.5 Å². The highest BCUT2D eigenvalue weighted by Crippen LogP contribution is 2.15. The van der Waals surface area contributed by atoms with Gasteiger partial charge in [-0.1, -0.05) is 19.1 Å². The Balaban J connectivity index is 2.11. The van der Waals surface area contributed by atoms with Gasteiger partial charge in [-0.25, -0.2) is 5.43 Å². The lowest BCUT2D eigenvalue weighted by Crippen LogP contribution is -2.31. The number of carbonyl (C=O) groups is 1. The number of carbonyl (C=O) groups excluding carboxylic acids is 1. The van der Waals surface area contributed by atoms with E-state index in [1.165, 1.54) is 12.1 Å². The molecule has 1 aromatic rings. The second-order valence-electron chi connectivity index (χ2n) is 4.70. The van der Waals surface area contributed by atoms with Gasteiger partial charge in [0.15, 0.2) is 0 Å². The number of nitro benzene ring substituents is 1. The van der Waals surface area contributed by atoms with Crippen LogP contribution in [0.4, 0.5) is 5.69 Å². The number of hydrazone groups is 1. The summed E-state index contributed by atoms with van der Waals surface area (Å²) in [5.74, 6) is -0.274. The molecule has 1 aliphatic heterocycles. The van der Waals surface area contributed by atoms with Crippen LogP contribution in [-0.2, 0) is 9.53 Å². The molecule has 1 N–H and O–H groups in total. The van der Waals surface area contributed by atoms with Gasteiger partial charge in [0.2, 0.25) is 0 Å². The zero-order chi connectivity index (χ0) is 15.2. The Morgan fingerprint density at radius 1 is 1.57 bits per heavy atom. The molecule has 21 heavy (non-hydrogen) atoms. The number of nitrogens with zero attached hydrogens (tertiary/aromatic N) is 2. The summed E-state index contributed by atoms with van der Waals surface area (Å²) in [6.07, 6.45) is 1.66.